The molecule has 1 N–H and O–H groups in total. The normalized spacial score (nSPS) is 10.4. The first-order chi connectivity index (χ1) is 7.59. The number of hydrogen-bond acceptors (Lipinski definition) is 3. The highest BCUT2D eigenvalue weighted by molar-refractivity contribution is 7.12. The van der Waals surface area contributed by atoms with Crippen molar-refractivity contribution in [1.29, 1.82) is 0 Å². The van der Waals surface area contributed by atoms with E-state index in [1.165, 1.54) is 17.4 Å². The molecule has 0 saturated heterocycles. The van der Waals surface area contributed by atoms with E-state index in [9.17, 15) is 9.90 Å². The molecule has 0 atom stereocenters. The lowest BCUT2D eigenvalue weighted by Crippen LogP contribution is -2.02. The zero-order valence-corrected chi connectivity index (χ0v) is 10.1. The molecule has 0 fully saturated rings. The summed E-state index contributed by atoms with van der Waals surface area (Å²) in [6.45, 7) is 1.76. The predicted molar refractivity (Wildman–Crippen MR) is 65.6 cm³/mol. The van der Waals surface area contributed by atoms with Gasteiger partial charge >= 0.3 is 0 Å². The standard InChI is InChI=1S/C12H9ClO2S/c1-7-5-8(13)6-9(14)11(7)12(15)10-3-2-4-16-10/h2-6,14H,1H3. The van der Waals surface area contributed by atoms with Gasteiger partial charge in [-0.1, -0.05) is 17.7 Å². The number of carbonyl (C=O) groups is 1. The average Bonchev–Trinajstić information content (AvgIpc) is 2.67. The van der Waals surface area contributed by atoms with Crippen LogP contribution in [0.15, 0.2) is 29.6 Å². The van der Waals surface area contributed by atoms with E-state index in [-0.39, 0.29) is 11.5 Å². The minimum Gasteiger partial charge on any atom is -0.507 e. The summed E-state index contributed by atoms with van der Waals surface area (Å²) in [7, 11) is 0. The Bertz CT molecular complexity index is 509. The molecule has 1 heterocycles. The molecule has 82 valence electrons. The molecule has 0 bridgehead atoms. The molecular formula is C12H9ClO2S. The summed E-state index contributed by atoms with van der Waals surface area (Å²) in [6.07, 6.45) is 0. The van der Waals surface area contributed by atoms with Gasteiger partial charge in [-0.15, -0.1) is 11.3 Å². The zero-order chi connectivity index (χ0) is 11.7. The van der Waals surface area contributed by atoms with Gasteiger partial charge in [-0.05, 0) is 36.1 Å². The SMILES string of the molecule is Cc1cc(Cl)cc(O)c1C(=O)c1cccs1. The smallest absolute Gasteiger partial charge is 0.206 e. The highest BCUT2D eigenvalue weighted by Gasteiger charge is 2.17. The van der Waals surface area contributed by atoms with E-state index in [4.69, 9.17) is 11.6 Å². The van der Waals surface area contributed by atoms with Crippen molar-refractivity contribution in [3.8, 4) is 5.75 Å². The number of aryl methyl sites for hydroxylation is 1. The summed E-state index contributed by atoms with van der Waals surface area (Å²) in [5.41, 5.74) is 1.01. The molecule has 0 radical (unpaired) electrons. The van der Waals surface area contributed by atoms with Crippen LogP contribution in [0.25, 0.3) is 0 Å². The number of aromatic hydroxyl groups is 1. The Morgan fingerprint density at radius 3 is 2.75 bits per heavy atom. The van der Waals surface area contributed by atoms with E-state index in [1.807, 2.05) is 5.38 Å². The molecule has 1 aromatic carbocycles. The predicted octanol–water partition coefficient (Wildman–Crippen LogP) is 3.65. The lowest BCUT2D eigenvalue weighted by molar-refractivity contribution is 0.103. The topological polar surface area (TPSA) is 37.3 Å². The number of hydrogen-bond donors (Lipinski definition) is 1. The second-order valence-electron chi connectivity index (χ2n) is 3.42. The highest BCUT2D eigenvalue weighted by Crippen LogP contribution is 2.29. The number of carbonyl (C=O) groups excluding carboxylic acids is 1. The second kappa shape index (κ2) is 4.28. The van der Waals surface area contributed by atoms with Crippen molar-refractivity contribution < 1.29 is 9.90 Å². The molecule has 4 heteroatoms. The molecular weight excluding hydrogens is 244 g/mol. The molecule has 0 spiro atoms. The highest BCUT2D eigenvalue weighted by atomic mass is 35.5. The Hall–Kier alpha value is -1.32. The van der Waals surface area contributed by atoms with Crippen LogP contribution in [0.1, 0.15) is 20.8 Å². The molecule has 16 heavy (non-hydrogen) atoms. The van der Waals surface area contributed by atoms with Gasteiger partial charge in [-0.3, -0.25) is 4.79 Å². The fourth-order valence-electron chi connectivity index (χ4n) is 1.55. The minimum absolute atomic E-state index is 0.0663. The summed E-state index contributed by atoms with van der Waals surface area (Å²) < 4.78 is 0. The van der Waals surface area contributed by atoms with Crippen molar-refractivity contribution >= 4 is 28.7 Å². The first-order valence-electron chi connectivity index (χ1n) is 4.67. The molecule has 0 saturated carbocycles. The van der Waals surface area contributed by atoms with Crippen LogP contribution in [0.2, 0.25) is 5.02 Å². The van der Waals surface area contributed by atoms with Gasteiger partial charge in [0.25, 0.3) is 0 Å². The number of thiophene rings is 1. The Kier molecular flexibility index (Phi) is 2.99. The fourth-order valence-corrected chi connectivity index (χ4v) is 2.49. The Morgan fingerprint density at radius 1 is 1.44 bits per heavy atom. The summed E-state index contributed by atoms with van der Waals surface area (Å²) in [5.74, 6) is -0.231. The molecule has 2 nitrogen and oxygen atoms in total. The summed E-state index contributed by atoms with van der Waals surface area (Å²) in [5, 5.41) is 12.0. The van der Waals surface area contributed by atoms with Crippen LogP contribution >= 0.6 is 22.9 Å². The lowest BCUT2D eigenvalue weighted by atomic mass is 10.0. The van der Waals surface area contributed by atoms with Gasteiger partial charge in [0, 0.05) is 5.02 Å². The van der Waals surface area contributed by atoms with Gasteiger partial charge in [0.2, 0.25) is 5.78 Å². The molecule has 2 aromatic rings. The van der Waals surface area contributed by atoms with E-state index in [0.717, 1.165) is 0 Å². The molecule has 0 amide bonds. The maximum atomic E-state index is 12.1. The van der Waals surface area contributed by atoms with Crippen LogP contribution in [0.4, 0.5) is 0 Å². The Balaban J connectivity index is 2.53. The second-order valence-corrected chi connectivity index (χ2v) is 4.81. The number of benzene rings is 1. The van der Waals surface area contributed by atoms with Crippen molar-refractivity contribution in [2.24, 2.45) is 0 Å². The number of rotatable bonds is 2. The maximum Gasteiger partial charge on any atom is 0.206 e. The van der Waals surface area contributed by atoms with E-state index in [1.54, 1.807) is 25.1 Å². The van der Waals surface area contributed by atoms with E-state index in [2.05, 4.69) is 0 Å². The number of phenolic OH excluding ortho intramolecular Hbond substituents is 1. The van der Waals surface area contributed by atoms with E-state index >= 15 is 0 Å². The maximum absolute atomic E-state index is 12.1. The third-order valence-electron chi connectivity index (χ3n) is 2.25. The quantitative estimate of drug-likeness (QED) is 0.829. The van der Waals surface area contributed by atoms with Gasteiger partial charge in [-0.25, -0.2) is 0 Å². The van der Waals surface area contributed by atoms with Crippen LogP contribution in [0.5, 0.6) is 5.75 Å². The molecule has 0 aliphatic carbocycles. The summed E-state index contributed by atoms with van der Waals surface area (Å²) >= 11 is 7.14. The molecule has 1 aromatic heterocycles. The van der Waals surface area contributed by atoms with Gasteiger partial charge in [0.1, 0.15) is 5.75 Å². The van der Waals surface area contributed by atoms with Crippen molar-refractivity contribution in [1.82, 2.24) is 0 Å². The average molecular weight is 253 g/mol. The first kappa shape index (κ1) is 11.2. The zero-order valence-electron chi connectivity index (χ0n) is 8.53. The molecule has 0 aliphatic heterocycles. The van der Waals surface area contributed by atoms with Crippen LogP contribution in [-0.4, -0.2) is 10.9 Å². The molecule has 2 rings (SSSR count). The van der Waals surface area contributed by atoms with Gasteiger partial charge in [-0.2, -0.15) is 0 Å². The van der Waals surface area contributed by atoms with Crippen LogP contribution < -0.4 is 0 Å². The van der Waals surface area contributed by atoms with E-state index < -0.39 is 0 Å². The van der Waals surface area contributed by atoms with Crippen LogP contribution in [0, 0.1) is 6.92 Å². The first-order valence-corrected chi connectivity index (χ1v) is 5.92. The molecule has 0 unspecified atom stereocenters. The van der Waals surface area contributed by atoms with Crippen molar-refractivity contribution in [2.75, 3.05) is 0 Å². The summed E-state index contributed by atoms with van der Waals surface area (Å²) in [6, 6.07) is 6.60. The molecule has 0 aliphatic rings. The largest absolute Gasteiger partial charge is 0.507 e. The van der Waals surface area contributed by atoms with Crippen LogP contribution in [-0.2, 0) is 0 Å². The van der Waals surface area contributed by atoms with Gasteiger partial charge in [0.15, 0.2) is 0 Å². The van der Waals surface area contributed by atoms with Crippen LogP contribution in [0.3, 0.4) is 0 Å². The fraction of sp³-hybridized carbons (Fsp3) is 0.0833. The lowest BCUT2D eigenvalue weighted by Gasteiger charge is -2.06. The minimum atomic E-state index is -0.165. The Morgan fingerprint density at radius 2 is 2.19 bits per heavy atom. The monoisotopic (exact) mass is 252 g/mol. The van der Waals surface area contributed by atoms with Crippen molar-refractivity contribution in [3.63, 3.8) is 0 Å². The summed E-state index contributed by atoms with van der Waals surface area (Å²) in [4.78, 5) is 12.7. The van der Waals surface area contributed by atoms with Crippen molar-refractivity contribution in [3.05, 3.63) is 50.7 Å². The van der Waals surface area contributed by atoms with Crippen molar-refractivity contribution in [2.45, 2.75) is 6.92 Å². The third-order valence-corrected chi connectivity index (χ3v) is 3.34. The van der Waals surface area contributed by atoms with Gasteiger partial charge in [0.05, 0.1) is 10.4 Å². The third kappa shape index (κ3) is 1.96. The Labute approximate surface area is 102 Å². The number of halogens is 1. The number of phenols is 1. The van der Waals surface area contributed by atoms with Gasteiger partial charge < -0.3 is 5.11 Å². The van der Waals surface area contributed by atoms with E-state index in [0.29, 0.717) is 21.0 Å². The number of ketones is 1.